The summed E-state index contributed by atoms with van der Waals surface area (Å²) in [5.74, 6) is 0.505. The third kappa shape index (κ3) is 4.67. The van der Waals surface area contributed by atoms with Crippen molar-refractivity contribution in [2.45, 2.75) is 31.8 Å². The van der Waals surface area contributed by atoms with Crippen molar-refractivity contribution in [1.29, 1.82) is 0 Å². The topological polar surface area (TPSA) is 59.0 Å². The van der Waals surface area contributed by atoms with Crippen LogP contribution in [0.5, 0.6) is 0 Å². The lowest BCUT2D eigenvalue weighted by atomic mass is 9.91. The van der Waals surface area contributed by atoms with Crippen molar-refractivity contribution in [3.63, 3.8) is 0 Å². The quantitative estimate of drug-likeness (QED) is 0.696. The van der Waals surface area contributed by atoms with Crippen molar-refractivity contribution in [3.05, 3.63) is 89.2 Å². The Morgan fingerprint density at radius 1 is 1.11 bits per heavy atom. The van der Waals surface area contributed by atoms with Gasteiger partial charge in [-0.05, 0) is 48.6 Å². The van der Waals surface area contributed by atoms with Gasteiger partial charge in [-0.15, -0.1) is 0 Å². The summed E-state index contributed by atoms with van der Waals surface area (Å²) in [6, 6.07) is 18.2. The Bertz CT molecular complexity index is 896. The van der Waals surface area contributed by atoms with Gasteiger partial charge >= 0.3 is 0 Å². The van der Waals surface area contributed by atoms with Crippen molar-refractivity contribution in [2.24, 2.45) is 0 Å². The molecule has 0 aliphatic carbocycles. The number of rotatable bonds is 6. The normalized spacial score (nSPS) is 16.6. The standard InChI is InChI=1S/C23H26N4O/c28-23(21-10-8-20(9-11-21)22-7-4-12-24-15-22)25-13-19-14-26-27(17-19)16-18-5-2-1-3-6-18/h1-3,5-6,8-11,14,17,22,24H,4,7,12-13,15-16H2,(H,25,28). The molecule has 1 saturated heterocycles. The predicted octanol–water partition coefficient (Wildman–Crippen LogP) is 3.33. The van der Waals surface area contributed by atoms with E-state index in [1.165, 1.54) is 24.0 Å². The number of carbonyl (C=O) groups is 1. The lowest BCUT2D eigenvalue weighted by Gasteiger charge is -2.23. The zero-order chi connectivity index (χ0) is 19.2. The predicted molar refractivity (Wildman–Crippen MR) is 110 cm³/mol. The van der Waals surface area contributed by atoms with Crippen LogP contribution in [0.15, 0.2) is 67.0 Å². The van der Waals surface area contributed by atoms with E-state index < -0.39 is 0 Å². The van der Waals surface area contributed by atoms with Gasteiger partial charge in [0, 0.05) is 30.4 Å². The molecule has 28 heavy (non-hydrogen) atoms. The molecule has 2 N–H and O–H groups in total. The van der Waals surface area contributed by atoms with Gasteiger partial charge in [-0.2, -0.15) is 5.10 Å². The smallest absolute Gasteiger partial charge is 0.251 e. The summed E-state index contributed by atoms with van der Waals surface area (Å²) < 4.78 is 1.89. The lowest BCUT2D eigenvalue weighted by molar-refractivity contribution is 0.0951. The van der Waals surface area contributed by atoms with Gasteiger partial charge in [-0.25, -0.2) is 0 Å². The number of nitrogens with one attached hydrogen (secondary N) is 2. The molecule has 144 valence electrons. The van der Waals surface area contributed by atoms with Crippen LogP contribution < -0.4 is 10.6 Å². The summed E-state index contributed by atoms with van der Waals surface area (Å²) in [5.41, 5.74) is 4.21. The minimum absolute atomic E-state index is 0.0517. The van der Waals surface area contributed by atoms with E-state index in [4.69, 9.17) is 0 Å². The van der Waals surface area contributed by atoms with Crippen LogP contribution in [0.2, 0.25) is 0 Å². The molecular formula is C23H26N4O. The minimum atomic E-state index is -0.0517. The Kier molecular flexibility index (Phi) is 5.83. The fraction of sp³-hybridized carbons (Fsp3) is 0.304. The lowest BCUT2D eigenvalue weighted by Crippen LogP contribution is -2.28. The monoisotopic (exact) mass is 374 g/mol. The molecule has 0 spiro atoms. The Balaban J connectivity index is 1.30. The van der Waals surface area contributed by atoms with Crippen LogP contribution >= 0.6 is 0 Å². The van der Waals surface area contributed by atoms with Gasteiger partial charge in [0.05, 0.1) is 12.7 Å². The van der Waals surface area contributed by atoms with Crippen molar-refractivity contribution < 1.29 is 4.79 Å². The van der Waals surface area contributed by atoms with Crippen LogP contribution in [0.25, 0.3) is 0 Å². The van der Waals surface area contributed by atoms with Gasteiger partial charge < -0.3 is 10.6 Å². The Hall–Kier alpha value is -2.92. The molecule has 3 aromatic rings. The van der Waals surface area contributed by atoms with Gasteiger partial charge in [0.15, 0.2) is 0 Å². The first-order valence-corrected chi connectivity index (χ1v) is 9.92. The van der Waals surface area contributed by atoms with Crippen molar-refractivity contribution in [1.82, 2.24) is 20.4 Å². The molecule has 1 aliphatic heterocycles. The van der Waals surface area contributed by atoms with Crippen LogP contribution in [0, 0.1) is 0 Å². The molecule has 2 heterocycles. The number of hydrogen-bond acceptors (Lipinski definition) is 3. The van der Waals surface area contributed by atoms with Gasteiger partial charge in [0.25, 0.3) is 5.91 Å². The molecule has 1 amide bonds. The molecule has 5 heteroatoms. The Morgan fingerprint density at radius 3 is 2.68 bits per heavy atom. The first kappa shape index (κ1) is 18.4. The van der Waals surface area contributed by atoms with E-state index >= 15 is 0 Å². The highest BCUT2D eigenvalue weighted by atomic mass is 16.1. The first-order valence-electron chi connectivity index (χ1n) is 9.92. The van der Waals surface area contributed by atoms with E-state index in [9.17, 15) is 4.79 Å². The summed E-state index contributed by atoms with van der Waals surface area (Å²) in [4.78, 5) is 12.5. The zero-order valence-corrected chi connectivity index (χ0v) is 16.0. The first-order chi connectivity index (χ1) is 13.8. The summed E-state index contributed by atoms with van der Waals surface area (Å²) >= 11 is 0. The number of amides is 1. The number of benzene rings is 2. The molecule has 4 rings (SSSR count). The maximum absolute atomic E-state index is 12.5. The second-order valence-corrected chi connectivity index (χ2v) is 7.38. The van der Waals surface area contributed by atoms with E-state index in [1.54, 1.807) is 0 Å². The maximum Gasteiger partial charge on any atom is 0.251 e. The highest BCUT2D eigenvalue weighted by Crippen LogP contribution is 2.23. The summed E-state index contributed by atoms with van der Waals surface area (Å²) in [6.45, 7) is 3.34. The molecule has 1 aromatic heterocycles. The third-order valence-electron chi connectivity index (χ3n) is 5.27. The summed E-state index contributed by atoms with van der Waals surface area (Å²) in [5, 5.41) is 10.8. The molecule has 1 aliphatic rings. The van der Waals surface area contributed by atoms with E-state index in [0.717, 1.165) is 25.2 Å². The van der Waals surface area contributed by atoms with Crippen LogP contribution in [0.1, 0.15) is 45.8 Å². The molecule has 5 nitrogen and oxygen atoms in total. The van der Waals surface area contributed by atoms with Gasteiger partial charge in [0.1, 0.15) is 0 Å². The number of carbonyl (C=O) groups excluding carboxylic acids is 1. The SMILES string of the molecule is O=C(NCc1cnn(Cc2ccccc2)c1)c1ccc(C2CCCNC2)cc1. The van der Waals surface area contributed by atoms with E-state index in [1.807, 2.05) is 47.4 Å². The van der Waals surface area contributed by atoms with Gasteiger partial charge in [0.2, 0.25) is 0 Å². The summed E-state index contributed by atoms with van der Waals surface area (Å²) in [7, 11) is 0. The Morgan fingerprint density at radius 2 is 1.93 bits per heavy atom. The van der Waals surface area contributed by atoms with Crippen LogP contribution in [0.3, 0.4) is 0 Å². The second kappa shape index (κ2) is 8.85. The Labute approximate surface area is 165 Å². The van der Waals surface area contributed by atoms with E-state index in [-0.39, 0.29) is 5.91 Å². The minimum Gasteiger partial charge on any atom is -0.348 e. The third-order valence-corrected chi connectivity index (χ3v) is 5.27. The van der Waals surface area contributed by atoms with Crippen molar-refractivity contribution >= 4 is 5.91 Å². The maximum atomic E-state index is 12.5. The highest BCUT2D eigenvalue weighted by Gasteiger charge is 2.15. The van der Waals surface area contributed by atoms with Crippen molar-refractivity contribution in [2.75, 3.05) is 13.1 Å². The molecule has 1 fully saturated rings. The highest BCUT2D eigenvalue weighted by molar-refractivity contribution is 5.94. The molecule has 0 bridgehead atoms. The molecule has 0 radical (unpaired) electrons. The zero-order valence-electron chi connectivity index (χ0n) is 16.0. The van der Waals surface area contributed by atoms with Gasteiger partial charge in [-0.3, -0.25) is 9.48 Å². The largest absolute Gasteiger partial charge is 0.348 e. The molecule has 1 unspecified atom stereocenters. The fourth-order valence-corrected chi connectivity index (χ4v) is 3.68. The number of aromatic nitrogens is 2. The molecule has 2 aromatic carbocycles. The molecule has 1 atom stereocenters. The average Bonchev–Trinajstić information content (AvgIpc) is 3.21. The van der Waals surface area contributed by atoms with Crippen LogP contribution in [-0.4, -0.2) is 28.8 Å². The summed E-state index contributed by atoms with van der Waals surface area (Å²) in [6.07, 6.45) is 6.21. The van der Waals surface area contributed by atoms with E-state index in [0.29, 0.717) is 18.0 Å². The van der Waals surface area contributed by atoms with E-state index in [2.05, 4.69) is 40.0 Å². The van der Waals surface area contributed by atoms with Crippen LogP contribution in [0.4, 0.5) is 0 Å². The average molecular weight is 374 g/mol. The van der Waals surface area contributed by atoms with Crippen molar-refractivity contribution in [3.8, 4) is 0 Å². The molecule has 0 saturated carbocycles. The number of nitrogens with zero attached hydrogens (tertiary/aromatic N) is 2. The number of piperidine rings is 1. The van der Waals surface area contributed by atoms with Crippen LogP contribution in [-0.2, 0) is 13.1 Å². The fourth-order valence-electron chi connectivity index (χ4n) is 3.68. The number of hydrogen-bond donors (Lipinski definition) is 2. The van der Waals surface area contributed by atoms with Gasteiger partial charge in [-0.1, -0.05) is 42.5 Å². The molecular weight excluding hydrogens is 348 g/mol. The second-order valence-electron chi connectivity index (χ2n) is 7.38.